The topological polar surface area (TPSA) is 35.5 Å². The molecule has 2 rings (SSSR count). The third kappa shape index (κ3) is 3.46. The first kappa shape index (κ1) is 13.8. The fraction of sp³-hybridized carbons (Fsp3) is 0.571. The lowest BCUT2D eigenvalue weighted by Gasteiger charge is -2.20. The Labute approximate surface area is 117 Å². The van der Waals surface area contributed by atoms with E-state index in [4.69, 9.17) is 0 Å². The van der Waals surface area contributed by atoms with Crippen LogP contribution in [0.15, 0.2) is 22.7 Å². The van der Waals surface area contributed by atoms with Gasteiger partial charge < -0.3 is 15.3 Å². The van der Waals surface area contributed by atoms with E-state index in [2.05, 4.69) is 51.3 Å². The number of aliphatic hydroxyl groups excluding tert-OH is 1. The van der Waals surface area contributed by atoms with Crippen LogP contribution in [0, 0.1) is 0 Å². The number of rotatable bonds is 5. The van der Waals surface area contributed by atoms with Gasteiger partial charge in [0.25, 0.3) is 0 Å². The summed E-state index contributed by atoms with van der Waals surface area (Å²) in [5.41, 5.74) is 2.48. The molecule has 1 aromatic rings. The SMILES string of the molecule is CCCNCc1ccc(N2CCC(O)C2)c(Br)c1. The molecule has 1 fully saturated rings. The van der Waals surface area contributed by atoms with Crippen molar-refractivity contribution in [3.63, 3.8) is 0 Å². The molecule has 0 amide bonds. The maximum absolute atomic E-state index is 9.58. The highest BCUT2D eigenvalue weighted by Crippen LogP contribution is 2.30. The average molecular weight is 313 g/mol. The summed E-state index contributed by atoms with van der Waals surface area (Å²) in [6.07, 6.45) is 1.85. The fourth-order valence-electron chi connectivity index (χ4n) is 2.29. The van der Waals surface area contributed by atoms with Gasteiger partial charge in [0.15, 0.2) is 0 Å². The van der Waals surface area contributed by atoms with Crippen LogP contribution in [0.4, 0.5) is 5.69 Å². The molecule has 1 aliphatic heterocycles. The molecule has 1 saturated heterocycles. The summed E-state index contributed by atoms with van der Waals surface area (Å²) in [4.78, 5) is 2.23. The van der Waals surface area contributed by atoms with Gasteiger partial charge in [0.1, 0.15) is 0 Å². The lowest BCUT2D eigenvalue weighted by molar-refractivity contribution is 0.198. The maximum atomic E-state index is 9.58. The highest BCUT2D eigenvalue weighted by atomic mass is 79.9. The minimum atomic E-state index is -0.178. The van der Waals surface area contributed by atoms with E-state index < -0.39 is 0 Å². The maximum Gasteiger partial charge on any atom is 0.0731 e. The van der Waals surface area contributed by atoms with E-state index in [9.17, 15) is 5.11 Å². The zero-order valence-electron chi connectivity index (χ0n) is 10.8. The quantitative estimate of drug-likeness (QED) is 0.820. The molecule has 4 heteroatoms. The van der Waals surface area contributed by atoms with Gasteiger partial charge in [0.05, 0.1) is 11.8 Å². The average Bonchev–Trinajstić information content (AvgIpc) is 2.76. The molecule has 1 aromatic carbocycles. The Kier molecular flexibility index (Phi) is 5.03. The van der Waals surface area contributed by atoms with Crippen LogP contribution in [0.5, 0.6) is 0 Å². The normalized spacial score (nSPS) is 19.5. The first-order chi connectivity index (χ1) is 8.70. The first-order valence-corrected chi connectivity index (χ1v) is 7.42. The highest BCUT2D eigenvalue weighted by Gasteiger charge is 2.21. The van der Waals surface area contributed by atoms with Crippen LogP contribution >= 0.6 is 15.9 Å². The number of anilines is 1. The predicted molar refractivity (Wildman–Crippen MR) is 79.0 cm³/mol. The van der Waals surface area contributed by atoms with Crippen molar-refractivity contribution in [3.8, 4) is 0 Å². The Balaban J connectivity index is 2.01. The zero-order valence-corrected chi connectivity index (χ0v) is 12.4. The molecule has 0 radical (unpaired) electrons. The van der Waals surface area contributed by atoms with Crippen molar-refractivity contribution in [3.05, 3.63) is 28.2 Å². The minimum Gasteiger partial charge on any atom is -0.391 e. The zero-order chi connectivity index (χ0) is 13.0. The lowest BCUT2D eigenvalue weighted by Crippen LogP contribution is -2.21. The van der Waals surface area contributed by atoms with Crippen LogP contribution < -0.4 is 10.2 Å². The Morgan fingerprint density at radius 3 is 2.94 bits per heavy atom. The number of halogens is 1. The molecule has 0 bridgehead atoms. The van der Waals surface area contributed by atoms with Crippen LogP contribution in [0.3, 0.4) is 0 Å². The molecule has 0 saturated carbocycles. The summed E-state index contributed by atoms with van der Waals surface area (Å²) in [5, 5.41) is 13.0. The van der Waals surface area contributed by atoms with Crippen LogP contribution in [0.25, 0.3) is 0 Å². The molecule has 2 N–H and O–H groups in total. The largest absolute Gasteiger partial charge is 0.391 e. The first-order valence-electron chi connectivity index (χ1n) is 6.63. The molecule has 1 aliphatic rings. The second-order valence-electron chi connectivity index (χ2n) is 4.85. The monoisotopic (exact) mass is 312 g/mol. The van der Waals surface area contributed by atoms with E-state index in [-0.39, 0.29) is 6.10 Å². The Morgan fingerprint density at radius 1 is 1.50 bits per heavy atom. The molecule has 0 spiro atoms. The van der Waals surface area contributed by atoms with Crippen molar-refractivity contribution in [2.75, 3.05) is 24.5 Å². The number of nitrogens with one attached hydrogen (secondary N) is 1. The van der Waals surface area contributed by atoms with Gasteiger partial charge in [-0.05, 0) is 53.0 Å². The Bertz CT molecular complexity index is 397. The van der Waals surface area contributed by atoms with Crippen LogP contribution in [0.1, 0.15) is 25.3 Å². The standard InChI is InChI=1S/C14H21BrN2O/c1-2-6-16-9-11-3-4-14(13(15)8-11)17-7-5-12(18)10-17/h3-4,8,12,16,18H,2,5-7,9-10H2,1H3. The summed E-state index contributed by atoms with van der Waals surface area (Å²) in [6.45, 7) is 5.82. The summed E-state index contributed by atoms with van der Waals surface area (Å²) in [6, 6.07) is 6.47. The highest BCUT2D eigenvalue weighted by molar-refractivity contribution is 9.10. The van der Waals surface area contributed by atoms with Gasteiger partial charge in [-0.3, -0.25) is 0 Å². The second-order valence-corrected chi connectivity index (χ2v) is 5.71. The summed E-state index contributed by atoms with van der Waals surface area (Å²) >= 11 is 3.63. The number of β-amino-alcohol motifs (C(OH)–C–C–N with tert-alkyl or cyclic N) is 1. The van der Waals surface area contributed by atoms with E-state index in [1.165, 1.54) is 11.3 Å². The molecule has 18 heavy (non-hydrogen) atoms. The van der Waals surface area contributed by atoms with E-state index in [0.717, 1.165) is 43.5 Å². The molecule has 100 valence electrons. The minimum absolute atomic E-state index is 0.178. The van der Waals surface area contributed by atoms with Gasteiger partial charge in [0.2, 0.25) is 0 Å². The molecule has 3 nitrogen and oxygen atoms in total. The number of benzene rings is 1. The summed E-state index contributed by atoms with van der Waals surface area (Å²) < 4.78 is 1.12. The van der Waals surface area contributed by atoms with E-state index in [1.54, 1.807) is 0 Å². The molecule has 1 atom stereocenters. The molecule has 1 unspecified atom stereocenters. The van der Waals surface area contributed by atoms with Gasteiger partial charge >= 0.3 is 0 Å². The number of aliphatic hydroxyl groups is 1. The Hall–Kier alpha value is -0.580. The second kappa shape index (κ2) is 6.55. The van der Waals surface area contributed by atoms with E-state index in [0.29, 0.717) is 0 Å². The number of hydrogen-bond acceptors (Lipinski definition) is 3. The van der Waals surface area contributed by atoms with Crippen molar-refractivity contribution in [2.24, 2.45) is 0 Å². The van der Waals surface area contributed by atoms with Crippen molar-refractivity contribution in [1.82, 2.24) is 5.32 Å². The molecular formula is C14H21BrN2O. The third-order valence-electron chi connectivity index (χ3n) is 3.27. The van der Waals surface area contributed by atoms with Crippen molar-refractivity contribution in [1.29, 1.82) is 0 Å². The molecule has 0 aliphatic carbocycles. The van der Waals surface area contributed by atoms with Gasteiger partial charge in [-0.2, -0.15) is 0 Å². The number of nitrogens with zero attached hydrogens (tertiary/aromatic N) is 1. The van der Waals surface area contributed by atoms with Crippen molar-refractivity contribution >= 4 is 21.6 Å². The van der Waals surface area contributed by atoms with Crippen molar-refractivity contribution < 1.29 is 5.11 Å². The molecule has 0 aromatic heterocycles. The van der Waals surface area contributed by atoms with Crippen LogP contribution in [-0.2, 0) is 6.54 Å². The molecule has 1 heterocycles. The smallest absolute Gasteiger partial charge is 0.0731 e. The number of hydrogen-bond donors (Lipinski definition) is 2. The third-order valence-corrected chi connectivity index (χ3v) is 3.91. The Morgan fingerprint density at radius 2 is 2.33 bits per heavy atom. The van der Waals surface area contributed by atoms with E-state index in [1.807, 2.05) is 0 Å². The van der Waals surface area contributed by atoms with Gasteiger partial charge in [-0.15, -0.1) is 0 Å². The van der Waals surface area contributed by atoms with Gasteiger partial charge in [-0.1, -0.05) is 13.0 Å². The fourth-order valence-corrected chi connectivity index (χ4v) is 2.96. The van der Waals surface area contributed by atoms with Gasteiger partial charge in [0, 0.05) is 24.1 Å². The van der Waals surface area contributed by atoms with Crippen LogP contribution in [-0.4, -0.2) is 30.8 Å². The summed E-state index contributed by atoms with van der Waals surface area (Å²) in [7, 11) is 0. The summed E-state index contributed by atoms with van der Waals surface area (Å²) in [5.74, 6) is 0. The van der Waals surface area contributed by atoms with Crippen molar-refractivity contribution in [2.45, 2.75) is 32.4 Å². The predicted octanol–water partition coefficient (Wildman–Crippen LogP) is 2.52. The van der Waals surface area contributed by atoms with E-state index >= 15 is 0 Å². The van der Waals surface area contributed by atoms with Gasteiger partial charge in [-0.25, -0.2) is 0 Å². The lowest BCUT2D eigenvalue weighted by atomic mass is 10.2. The molecular weight excluding hydrogens is 292 g/mol. The van der Waals surface area contributed by atoms with Crippen LogP contribution in [0.2, 0.25) is 0 Å².